The Hall–Kier alpha value is -4.49. The number of halogens is 1. The van der Waals surface area contributed by atoms with E-state index in [4.69, 9.17) is 9.47 Å². The lowest BCUT2D eigenvalue weighted by atomic mass is 9.68. The number of anilines is 1. The van der Waals surface area contributed by atoms with Gasteiger partial charge in [-0.25, -0.2) is 0 Å². The molecule has 10 heteroatoms. The largest absolute Gasteiger partial charge is 0.496 e. The van der Waals surface area contributed by atoms with Crippen LogP contribution in [-0.4, -0.2) is 42.5 Å². The van der Waals surface area contributed by atoms with Gasteiger partial charge in [-0.3, -0.25) is 19.7 Å². The number of nitriles is 1. The number of hydrogen-bond donors (Lipinski definition) is 0. The van der Waals surface area contributed by atoms with Crippen molar-refractivity contribution in [3.05, 3.63) is 104 Å². The molecule has 0 aromatic heterocycles. The van der Waals surface area contributed by atoms with E-state index in [2.05, 4.69) is 22.0 Å². The maximum Gasteiger partial charge on any atom is 0.329 e. The number of ketones is 1. The summed E-state index contributed by atoms with van der Waals surface area (Å²) >= 11 is 3.45. The number of ether oxygens (including phenoxy) is 2. The van der Waals surface area contributed by atoms with Gasteiger partial charge in [-0.15, -0.1) is 0 Å². The summed E-state index contributed by atoms with van der Waals surface area (Å²) < 4.78 is 11.4. The van der Waals surface area contributed by atoms with E-state index < -0.39 is 34.3 Å². The minimum absolute atomic E-state index is 0.0340. The van der Waals surface area contributed by atoms with Crippen molar-refractivity contribution in [3.63, 3.8) is 0 Å². The van der Waals surface area contributed by atoms with Gasteiger partial charge in [0.1, 0.15) is 11.8 Å². The van der Waals surface area contributed by atoms with E-state index in [-0.39, 0.29) is 18.1 Å². The third-order valence-electron chi connectivity index (χ3n) is 7.51. The zero-order chi connectivity index (χ0) is 28.6. The molecule has 40 heavy (non-hydrogen) atoms. The van der Waals surface area contributed by atoms with Gasteiger partial charge in [0.05, 0.1) is 35.2 Å². The predicted octanol–water partition coefficient (Wildman–Crippen LogP) is 5.69. The van der Waals surface area contributed by atoms with Crippen LogP contribution in [0, 0.1) is 26.9 Å². The number of esters is 1. The van der Waals surface area contributed by atoms with Crippen LogP contribution >= 0.6 is 15.9 Å². The highest BCUT2D eigenvalue weighted by Gasteiger charge is 2.67. The molecule has 0 saturated carbocycles. The lowest BCUT2D eigenvalue weighted by Crippen LogP contribution is -2.47. The average molecular weight is 602 g/mol. The lowest BCUT2D eigenvalue weighted by molar-refractivity contribution is -0.384. The Morgan fingerprint density at radius 3 is 2.50 bits per heavy atom. The average Bonchev–Trinajstić information content (AvgIpc) is 3.28. The van der Waals surface area contributed by atoms with Gasteiger partial charge in [-0.1, -0.05) is 42.5 Å². The van der Waals surface area contributed by atoms with Gasteiger partial charge < -0.3 is 14.4 Å². The Morgan fingerprint density at radius 1 is 1.15 bits per heavy atom. The number of fused-ring (bicyclic) bond motifs is 3. The van der Waals surface area contributed by atoms with Gasteiger partial charge in [0.25, 0.3) is 5.69 Å². The second-order valence-corrected chi connectivity index (χ2v) is 10.3. The molecule has 2 aliphatic rings. The maximum absolute atomic E-state index is 14.5. The van der Waals surface area contributed by atoms with Crippen molar-refractivity contribution in [3.8, 4) is 11.8 Å². The van der Waals surface area contributed by atoms with Crippen LogP contribution in [0.3, 0.4) is 0 Å². The number of rotatable bonds is 7. The number of hydrogen-bond acceptors (Lipinski definition) is 8. The molecule has 202 valence electrons. The minimum Gasteiger partial charge on any atom is -0.496 e. The Balaban J connectivity index is 1.79. The molecular formula is C30H24BrN3O6. The number of benzene rings is 3. The van der Waals surface area contributed by atoms with E-state index in [0.717, 1.165) is 5.56 Å². The molecule has 1 fully saturated rings. The number of Topliss-reactive ketones (excluding diaryl/α,β-unsaturated/α-hetero) is 1. The zero-order valence-electron chi connectivity index (χ0n) is 21.6. The maximum atomic E-state index is 14.5. The van der Waals surface area contributed by atoms with Crippen molar-refractivity contribution in [2.24, 2.45) is 5.41 Å². The van der Waals surface area contributed by atoms with Crippen LogP contribution < -0.4 is 9.64 Å². The first-order valence-electron chi connectivity index (χ1n) is 12.5. The van der Waals surface area contributed by atoms with Crippen LogP contribution in [0.15, 0.2) is 77.3 Å². The van der Waals surface area contributed by atoms with Crippen LogP contribution in [0.4, 0.5) is 11.4 Å². The van der Waals surface area contributed by atoms with E-state index in [1.54, 1.807) is 31.2 Å². The minimum atomic E-state index is -1.83. The summed E-state index contributed by atoms with van der Waals surface area (Å²) in [5.74, 6) is -1.57. The normalized spacial score (nSPS) is 22.6. The van der Waals surface area contributed by atoms with E-state index in [9.17, 15) is 25.0 Å². The van der Waals surface area contributed by atoms with E-state index in [0.29, 0.717) is 27.0 Å². The highest BCUT2D eigenvalue weighted by molar-refractivity contribution is 9.10. The van der Waals surface area contributed by atoms with Crippen molar-refractivity contribution in [1.82, 2.24) is 0 Å². The molecule has 2 heterocycles. The summed E-state index contributed by atoms with van der Waals surface area (Å²) in [6.07, 6.45) is 3.60. The van der Waals surface area contributed by atoms with Crippen LogP contribution in [0.25, 0.3) is 6.08 Å². The van der Waals surface area contributed by atoms with Crippen molar-refractivity contribution >= 4 is 45.1 Å². The van der Waals surface area contributed by atoms with Crippen molar-refractivity contribution in [1.29, 1.82) is 5.26 Å². The van der Waals surface area contributed by atoms with Crippen LogP contribution in [0.5, 0.6) is 5.75 Å². The smallest absolute Gasteiger partial charge is 0.329 e. The quantitative estimate of drug-likeness (QED) is 0.146. The van der Waals surface area contributed by atoms with Gasteiger partial charge in [0.15, 0.2) is 11.2 Å². The van der Waals surface area contributed by atoms with Crippen LogP contribution in [-0.2, 0) is 9.53 Å². The third kappa shape index (κ3) is 4.14. The van der Waals surface area contributed by atoms with Gasteiger partial charge in [0, 0.05) is 29.3 Å². The summed E-state index contributed by atoms with van der Waals surface area (Å²) in [5, 5.41) is 22.2. The van der Waals surface area contributed by atoms with Crippen molar-refractivity contribution in [2.75, 3.05) is 18.6 Å². The molecule has 0 spiro atoms. The predicted molar refractivity (Wildman–Crippen MR) is 151 cm³/mol. The first-order valence-corrected chi connectivity index (χ1v) is 13.3. The number of nitrogens with zero attached hydrogens (tertiary/aromatic N) is 3. The van der Waals surface area contributed by atoms with Gasteiger partial charge >= 0.3 is 5.97 Å². The van der Waals surface area contributed by atoms with E-state index in [1.165, 1.54) is 31.4 Å². The van der Waals surface area contributed by atoms with Gasteiger partial charge in [-0.2, -0.15) is 5.26 Å². The molecule has 5 rings (SSSR count). The summed E-state index contributed by atoms with van der Waals surface area (Å²) in [4.78, 5) is 41.0. The fourth-order valence-electron chi connectivity index (χ4n) is 5.78. The Kier molecular flexibility index (Phi) is 7.17. The summed E-state index contributed by atoms with van der Waals surface area (Å²) in [6, 6.07) is 18.4. The summed E-state index contributed by atoms with van der Waals surface area (Å²) in [7, 11) is 1.52. The second kappa shape index (κ2) is 10.6. The fourth-order valence-corrected chi connectivity index (χ4v) is 6.33. The topological polar surface area (TPSA) is 123 Å². The molecule has 3 aromatic carbocycles. The van der Waals surface area contributed by atoms with Gasteiger partial charge in [-0.05, 0) is 58.2 Å². The molecule has 1 saturated heterocycles. The molecule has 0 radical (unpaired) electrons. The molecule has 0 aliphatic carbocycles. The number of methoxy groups -OCH3 is 1. The van der Waals surface area contributed by atoms with Gasteiger partial charge in [0.2, 0.25) is 0 Å². The molecule has 0 amide bonds. The fraction of sp³-hybridized carbons (Fsp3) is 0.233. The molecular weight excluding hydrogens is 578 g/mol. The van der Waals surface area contributed by atoms with E-state index in [1.807, 2.05) is 35.2 Å². The number of nitro benzene ring substituents is 1. The molecule has 0 bridgehead atoms. The first kappa shape index (κ1) is 27.1. The number of para-hydroxylation sites is 1. The monoisotopic (exact) mass is 601 g/mol. The highest BCUT2D eigenvalue weighted by Crippen LogP contribution is 2.56. The second-order valence-electron chi connectivity index (χ2n) is 9.46. The Bertz CT molecular complexity index is 1580. The number of carbonyl (C=O) groups excluding carboxylic acids is 2. The third-order valence-corrected chi connectivity index (χ3v) is 8.13. The van der Waals surface area contributed by atoms with Crippen molar-refractivity contribution in [2.45, 2.75) is 24.9 Å². The zero-order valence-corrected chi connectivity index (χ0v) is 23.2. The number of non-ortho nitro benzene ring substituents is 1. The van der Waals surface area contributed by atoms with Crippen molar-refractivity contribution < 1.29 is 24.0 Å². The Morgan fingerprint density at radius 2 is 1.88 bits per heavy atom. The Labute approximate surface area is 238 Å². The molecule has 0 unspecified atom stereocenters. The SMILES string of the molecule is CCOC(=O)[C@]1(C#N)[C@H](c2ccc([N+](=O)[O-])cc2)[C@@H](C(=O)c2ccc(OC)c(Br)c2)N2c3ccccc3C=C[C@@H]21. The standard InChI is InChI=1S/C30H24BrN3O6/c1-3-40-29(36)30(17-32)25-15-11-18-6-4-5-7-23(18)33(25)27(26(30)19-8-12-21(13-9-19)34(37)38)28(35)20-10-14-24(39-2)22(31)16-20/h4-16,25-27H,3H2,1-2H3/t25-,26-,27+,30+/m1/s1. The van der Waals surface area contributed by atoms with Crippen LogP contribution in [0.1, 0.15) is 34.3 Å². The number of nitro groups is 1. The molecule has 2 aliphatic heterocycles. The molecule has 4 atom stereocenters. The first-order chi connectivity index (χ1) is 19.3. The number of carbonyl (C=O) groups is 2. The molecule has 3 aromatic rings. The molecule has 0 N–H and O–H groups in total. The van der Waals surface area contributed by atoms with Crippen LogP contribution in [0.2, 0.25) is 0 Å². The highest BCUT2D eigenvalue weighted by atomic mass is 79.9. The van der Waals surface area contributed by atoms with E-state index >= 15 is 0 Å². The summed E-state index contributed by atoms with van der Waals surface area (Å²) in [6.45, 7) is 1.69. The summed E-state index contributed by atoms with van der Waals surface area (Å²) in [5.41, 5.74) is 0.312. The lowest BCUT2D eigenvalue weighted by Gasteiger charge is -2.36. The molecule has 9 nitrogen and oxygen atoms in total.